The van der Waals surface area contributed by atoms with E-state index in [0.29, 0.717) is 6.42 Å². The molecule has 0 spiro atoms. The van der Waals surface area contributed by atoms with E-state index in [1.807, 2.05) is 14.0 Å². The summed E-state index contributed by atoms with van der Waals surface area (Å²) >= 11 is 0. The molecule has 78 valence electrons. The highest BCUT2D eigenvalue weighted by Gasteiger charge is 2.09. The van der Waals surface area contributed by atoms with E-state index in [2.05, 4.69) is 26.1 Å². The van der Waals surface area contributed by atoms with Crippen molar-refractivity contribution in [2.75, 3.05) is 20.1 Å². The van der Waals surface area contributed by atoms with E-state index in [0.717, 1.165) is 13.1 Å². The molecule has 13 heavy (non-hydrogen) atoms. The molecule has 3 heteroatoms. The Balaban J connectivity index is 3.59. The van der Waals surface area contributed by atoms with Gasteiger partial charge in [-0.2, -0.15) is 0 Å². The number of amides is 1. The third-order valence-electron chi connectivity index (χ3n) is 1.83. The second kappa shape index (κ2) is 5.22. The molecule has 1 amide bonds. The van der Waals surface area contributed by atoms with Crippen molar-refractivity contribution in [3.05, 3.63) is 0 Å². The minimum Gasteiger partial charge on any atom is -0.344 e. The van der Waals surface area contributed by atoms with Crippen LogP contribution in [0, 0.1) is 0 Å². The summed E-state index contributed by atoms with van der Waals surface area (Å²) in [6.45, 7) is 9.88. The normalized spacial score (nSPS) is 11.5. The fourth-order valence-corrected chi connectivity index (χ4v) is 0.993. The molecule has 0 heterocycles. The smallest absolute Gasteiger partial charge is 0.222 e. The average Bonchev–Trinajstić information content (AvgIpc) is 2.00. The Kier molecular flexibility index (Phi) is 4.99. The lowest BCUT2D eigenvalue weighted by Gasteiger charge is -2.23. The van der Waals surface area contributed by atoms with Crippen LogP contribution in [-0.2, 0) is 4.79 Å². The number of rotatable bonds is 4. The van der Waals surface area contributed by atoms with Crippen molar-refractivity contribution in [1.82, 2.24) is 10.2 Å². The molecule has 1 N–H and O–H groups in total. The van der Waals surface area contributed by atoms with Crippen LogP contribution in [0.5, 0.6) is 0 Å². The highest BCUT2D eigenvalue weighted by Crippen LogP contribution is 1.97. The molecular weight excluding hydrogens is 164 g/mol. The van der Waals surface area contributed by atoms with Crippen molar-refractivity contribution in [2.45, 2.75) is 39.7 Å². The molecule has 0 saturated heterocycles. The second-order valence-corrected chi connectivity index (χ2v) is 4.35. The average molecular weight is 186 g/mol. The van der Waals surface area contributed by atoms with E-state index in [4.69, 9.17) is 0 Å². The first-order chi connectivity index (χ1) is 5.87. The largest absolute Gasteiger partial charge is 0.344 e. The fourth-order valence-electron chi connectivity index (χ4n) is 0.993. The quantitative estimate of drug-likeness (QED) is 0.716. The molecule has 0 aromatic carbocycles. The lowest BCUT2D eigenvalue weighted by molar-refractivity contribution is -0.129. The van der Waals surface area contributed by atoms with Crippen LogP contribution in [0.15, 0.2) is 0 Å². The predicted molar refractivity (Wildman–Crippen MR) is 55.7 cm³/mol. The first-order valence-electron chi connectivity index (χ1n) is 4.86. The van der Waals surface area contributed by atoms with Gasteiger partial charge in [-0.05, 0) is 20.8 Å². The Morgan fingerprint density at radius 2 is 1.92 bits per heavy atom. The maximum atomic E-state index is 11.2. The van der Waals surface area contributed by atoms with Gasteiger partial charge >= 0.3 is 0 Å². The van der Waals surface area contributed by atoms with Gasteiger partial charge in [0, 0.05) is 32.1 Å². The topological polar surface area (TPSA) is 32.3 Å². The van der Waals surface area contributed by atoms with Crippen LogP contribution < -0.4 is 5.32 Å². The molecule has 0 aliphatic carbocycles. The predicted octanol–water partition coefficient (Wildman–Crippen LogP) is 1.24. The summed E-state index contributed by atoms with van der Waals surface area (Å²) in [5, 5.41) is 3.34. The zero-order chi connectivity index (χ0) is 10.5. The molecule has 0 aromatic rings. The maximum absolute atomic E-state index is 11.2. The van der Waals surface area contributed by atoms with Gasteiger partial charge in [-0.3, -0.25) is 4.79 Å². The zero-order valence-electron chi connectivity index (χ0n) is 9.48. The van der Waals surface area contributed by atoms with E-state index >= 15 is 0 Å². The summed E-state index contributed by atoms with van der Waals surface area (Å²) in [6, 6.07) is 0. The highest BCUT2D eigenvalue weighted by molar-refractivity contribution is 5.75. The Hall–Kier alpha value is -0.570. The highest BCUT2D eigenvalue weighted by atomic mass is 16.2. The molecule has 0 radical (unpaired) electrons. The number of carbonyl (C=O) groups is 1. The van der Waals surface area contributed by atoms with Crippen LogP contribution in [0.3, 0.4) is 0 Å². The Labute approximate surface area is 81.5 Å². The molecular formula is C10H22N2O. The molecule has 0 saturated carbocycles. The van der Waals surface area contributed by atoms with Crippen LogP contribution in [-0.4, -0.2) is 36.5 Å². The van der Waals surface area contributed by atoms with Gasteiger partial charge in [0.2, 0.25) is 5.91 Å². The van der Waals surface area contributed by atoms with Crippen molar-refractivity contribution in [2.24, 2.45) is 0 Å². The van der Waals surface area contributed by atoms with Gasteiger partial charge < -0.3 is 10.2 Å². The van der Waals surface area contributed by atoms with Gasteiger partial charge in [-0.15, -0.1) is 0 Å². The lowest BCUT2D eigenvalue weighted by atomic mass is 10.1. The van der Waals surface area contributed by atoms with E-state index in [1.54, 1.807) is 4.90 Å². The van der Waals surface area contributed by atoms with E-state index in [9.17, 15) is 4.79 Å². The summed E-state index contributed by atoms with van der Waals surface area (Å²) in [7, 11) is 1.84. The molecule has 0 unspecified atom stereocenters. The van der Waals surface area contributed by atoms with Crippen LogP contribution >= 0.6 is 0 Å². The lowest BCUT2D eigenvalue weighted by Crippen LogP contribution is -2.41. The summed E-state index contributed by atoms with van der Waals surface area (Å²) in [5.41, 5.74) is 0.135. The first-order valence-corrected chi connectivity index (χ1v) is 4.86. The van der Waals surface area contributed by atoms with Crippen LogP contribution in [0.1, 0.15) is 34.1 Å². The van der Waals surface area contributed by atoms with E-state index in [1.165, 1.54) is 0 Å². The van der Waals surface area contributed by atoms with E-state index < -0.39 is 0 Å². The molecule has 0 bridgehead atoms. The third kappa shape index (κ3) is 6.58. The van der Waals surface area contributed by atoms with Crippen molar-refractivity contribution in [3.8, 4) is 0 Å². The monoisotopic (exact) mass is 186 g/mol. The number of hydrogen-bond donors (Lipinski definition) is 1. The minimum absolute atomic E-state index is 0.135. The second-order valence-electron chi connectivity index (χ2n) is 4.35. The standard InChI is InChI=1S/C10H22N2O/c1-6-9(13)12(5)8-7-11-10(2,3)4/h11H,6-8H2,1-5H3. The zero-order valence-corrected chi connectivity index (χ0v) is 9.48. The Bertz CT molecular complexity index is 161. The summed E-state index contributed by atoms with van der Waals surface area (Å²) in [6.07, 6.45) is 0.589. The summed E-state index contributed by atoms with van der Waals surface area (Å²) in [4.78, 5) is 12.9. The van der Waals surface area contributed by atoms with Gasteiger partial charge in [0.05, 0.1) is 0 Å². The van der Waals surface area contributed by atoms with Crippen molar-refractivity contribution in [1.29, 1.82) is 0 Å². The van der Waals surface area contributed by atoms with Gasteiger partial charge in [-0.1, -0.05) is 6.92 Å². The number of nitrogens with one attached hydrogen (secondary N) is 1. The molecule has 0 rings (SSSR count). The van der Waals surface area contributed by atoms with Gasteiger partial charge in [0.15, 0.2) is 0 Å². The fraction of sp³-hybridized carbons (Fsp3) is 0.900. The van der Waals surface area contributed by atoms with Crippen LogP contribution in [0.25, 0.3) is 0 Å². The van der Waals surface area contributed by atoms with Gasteiger partial charge in [0.25, 0.3) is 0 Å². The van der Waals surface area contributed by atoms with Crippen molar-refractivity contribution < 1.29 is 4.79 Å². The number of likely N-dealkylation sites (N-methyl/N-ethyl adjacent to an activating group) is 1. The molecule has 0 fully saturated rings. The third-order valence-corrected chi connectivity index (χ3v) is 1.83. The van der Waals surface area contributed by atoms with Crippen molar-refractivity contribution in [3.63, 3.8) is 0 Å². The molecule has 0 aliphatic rings. The maximum Gasteiger partial charge on any atom is 0.222 e. The molecule has 0 aromatic heterocycles. The summed E-state index contributed by atoms with van der Waals surface area (Å²) < 4.78 is 0. The van der Waals surface area contributed by atoms with Gasteiger partial charge in [-0.25, -0.2) is 0 Å². The minimum atomic E-state index is 0.135. The Morgan fingerprint density at radius 3 is 2.31 bits per heavy atom. The number of hydrogen-bond acceptors (Lipinski definition) is 2. The van der Waals surface area contributed by atoms with Gasteiger partial charge in [0.1, 0.15) is 0 Å². The SMILES string of the molecule is CCC(=O)N(C)CCNC(C)(C)C. The van der Waals surface area contributed by atoms with Crippen LogP contribution in [0.4, 0.5) is 0 Å². The Morgan fingerprint density at radius 1 is 1.38 bits per heavy atom. The van der Waals surface area contributed by atoms with Crippen LogP contribution in [0.2, 0.25) is 0 Å². The molecule has 0 aliphatic heterocycles. The van der Waals surface area contributed by atoms with E-state index in [-0.39, 0.29) is 11.4 Å². The number of carbonyl (C=O) groups excluding carboxylic acids is 1. The van der Waals surface area contributed by atoms with Crippen molar-refractivity contribution >= 4 is 5.91 Å². The number of nitrogens with zero attached hydrogens (tertiary/aromatic N) is 1. The first kappa shape index (κ1) is 12.4. The summed E-state index contributed by atoms with van der Waals surface area (Å²) in [5.74, 6) is 0.204. The molecule has 0 atom stereocenters. The molecule has 3 nitrogen and oxygen atoms in total.